The third-order valence-electron chi connectivity index (χ3n) is 2.70. The normalized spacial score (nSPS) is 9.74. The molecular formula is C14H11FNNaO2. The van der Waals surface area contributed by atoms with E-state index in [0.29, 0.717) is 24.1 Å². The Labute approximate surface area is 132 Å². The van der Waals surface area contributed by atoms with E-state index in [-0.39, 0.29) is 40.9 Å². The van der Waals surface area contributed by atoms with Crippen LogP contribution in [0, 0.1) is 5.82 Å². The van der Waals surface area contributed by atoms with Crippen LogP contribution < -0.4 is 34.7 Å². The van der Waals surface area contributed by atoms with Crippen LogP contribution in [0.1, 0.15) is 21.6 Å². The van der Waals surface area contributed by atoms with Crippen LogP contribution in [-0.2, 0) is 12.8 Å². The molecule has 0 aliphatic heterocycles. The Balaban J connectivity index is 0.00000180. The van der Waals surface area contributed by atoms with Gasteiger partial charge in [-0.1, -0.05) is 18.2 Å². The topological polar surface area (TPSA) is 53.0 Å². The van der Waals surface area contributed by atoms with Crippen molar-refractivity contribution in [2.24, 2.45) is 0 Å². The first-order valence-electron chi connectivity index (χ1n) is 5.57. The summed E-state index contributed by atoms with van der Waals surface area (Å²) < 4.78 is 13.4. The summed E-state index contributed by atoms with van der Waals surface area (Å²) in [5.74, 6) is -1.55. The molecule has 0 atom stereocenters. The standard InChI is InChI=1S/C14H12FNO2.Na/c15-12-6-2-1-4-10(12)7-8-13-11(14(17)18)5-3-9-16-13;/h1-6,9H,7-8H2,(H,17,18);/q;+1/p-1. The van der Waals surface area contributed by atoms with Gasteiger partial charge in [-0.05, 0) is 36.6 Å². The van der Waals surface area contributed by atoms with E-state index in [9.17, 15) is 14.3 Å². The van der Waals surface area contributed by atoms with Crippen molar-refractivity contribution in [1.82, 2.24) is 4.98 Å². The fraction of sp³-hybridized carbons (Fsp3) is 0.143. The predicted octanol–water partition coefficient (Wildman–Crippen LogP) is -1.63. The molecule has 92 valence electrons. The van der Waals surface area contributed by atoms with E-state index in [0.717, 1.165) is 0 Å². The van der Waals surface area contributed by atoms with E-state index in [1.165, 1.54) is 24.4 Å². The Morgan fingerprint density at radius 3 is 2.58 bits per heavy atom. The molecule has 0 amide bonds. The van der Waals surface area contributed by atoms with Crippen LogP contribution >= 0.6 is 0 Å². The van der Waals surface area contributed by atoms with Gasteiger partial charge in [-0.25, -0.2) is 4.39 Å². The van der Waals surface area contributed by atoms with Crippen LogP contribution in [0.15, 0.2) is 42.6 Å². The number of carboxylic acids is 1. The molecule has 1 aromatic heterocycles. The van der Waals surface area contributed by atoms with E-state index in [1.54, 1.807) is 18.2 Å². The number of pyridine rings is 1. The number of aromatic nitrogens is 1. The van der Waals surface area contributed by atoms with Crippen molar-refractivity contribution in [3.05, 3.63) is 65.2 Å². The van der Waals surface area contributed by atoms with Crippen molar-refractivity contribution < 1.29 is 43.8 Å². The molecule has 19 heavy (non-hydrogen) atoms. The molecule has 0 saturated heterocycles. The number of aromatic carboxylic acids is 1. The van der Waals surface area contributed by atoms with E-state index in [2.05, 4.69) is 4.98 Å². The summed E-state index contributed by atoms with van der Waals surface area (Å²) in [4.78, 5) is 14.9. The molecule has 0 aliphatic carbocycles. The maximum absolute atomic E-state index is 13.4. The SMILES string of the molecule is O=C([O-])c1cccnc1CCc1ccccc1F.[Na+]. The molecule has 2 rings (SSSR count). The van der Waals surface area contributed by atoms with Crippen LogP contribution in [0.3, 0.4) is 0 Å². The van der Waals surface area contributed by atoms with Crippen LogP contribution in [0.25, 0.3) is 0 Å². The number of rotatable bonds is 4. The molecule has 0 N–H and O–H groups in total. The second kappa shape index (κ2) is 7.38. The summed E-state index contributed by atoms with van der Waals surface area (Å²) in [5, 5.41) is 10.9. The third kappa shape index (κ3) is 4.13. The second-order valence-corrected chi connectivity index (χ2v) is 3.88. The minimum Gasteiger partial charge on any atom is -0.545 e. The minimum absolute atomic E-state index is 0. The van der Waals surface area contributed by atoms with Crippen LogP contribution in [-0.4, -0.2) is 11.0 Å². The number of benzene rings is 1. The summed E-state index contributed by atoms with van der Waals surface area (Å²) in [6.45, 7) is 0. The molecule has 3 nitrogen and oxygen atoms in total. The first-order chi connectivity index (χ1) is 8.68. The number of hydrogen-bond acceptors (Lipinski definition) is 3. The number of aryl methyl sites for hydroxylation is 2. The Hall–Kier alpha value is -1.23. The van der Waals surface area contributed by atoms with Gasteiger partial charge in [-0.3, -0.25) is 4.98 Å². The Morgan fingerprint density at radius 2 is 1.89 bits per heavy atom. The van der Waals surface area contributed by atoms with Crippen molar-refractivity contribution in [1.29, 1.82) is 0 Å². The van der Waals surface area contributed by atoms with E-state index >= 15 is 0 Å². The number of carboxylic acid groups (broad SMARTS) is 1. The average molecular weight is 267 g/mol. The zero-order valence-corrected chi connectivity index (χ0v) is 12.6. The van der Waals surface area contributed by atoms with Gasteiger partial charge in [0.15, 0.2) is 0 Å². The molecule has 1 heterocycles. The average Bonchev–Trinajstić information content (AvgIpc) is 2.38. The number of hydrogen-bond donors (Lipinski definition) is 0. The number of nitrogens with zero attached hydrogens (tertiary/aromatic N) is 1. The third-order valence-corrected chi connectivity index (χ3v) is 2.70. The molecule has 0 spiro atoms. The number of halogens is 1. The molecule has 0 fully saturated rings. The van der Waals surface area contributed by atoms with Gasteiger partial charge in [-0.15, -0.1) is 0 Å². The smallest absolute Gasteiger partial charge is 0.545 e. The summed E-state index contributed by atoms with van der Waals surface area (Å²) in [5.41, 5.74) is 1.03. The first-order valence-corrected chi connectivity index (χ1v) is 5.57. The van der Waals surface area contributed by atoms with Crippen LogP contribution in [0.5, 0.6) is 0 Å². The molecule has 0 bridgehead atoms. The van der Waals surface area contributed by atoms with Crippen molar-refractivity contribution in [2.45, 2.75) is 12.8 Å². The van der Waals surface area contributed by atoms with E-state index in [4.69, 9.17) is 0 Å². The van der Waals surface area contributed by atoms with Gasteiger partial charge in [0.1, 0.15) is 5.82 Å². The largest absolute Gasteiger partial charge is 1.00 e. The fourth-order valence-corrected chi connectivity index (χ4v) is 1.78. The molecular weight excluding hydrogens is 256 g/mol. The Morgan fingerprint density at radius 1 is 1.16 bits per heavy atom. The van der Waals surface area contributed by atoms with Crippen LogP contribution in [0.4, 0.5) is 4.39 Å². The molecule has 0 unspecified atom stereocenters. The van der Waals surface area contributed by atoms with Gasteiger partial charge in [0.2, 0.25) is 0 Å². The van der Waals surface area contributed by atoms with Crippen molar-refractivity contribution >= 4 is 5.97 Å². The van der Waals surface area contributed by atoms with Crippen molar-refractivity contribution in [2.75, 3.05) is 0 Å². The van der Waals surface area contributed by atoms with Gasteiger partial charge in [0, 0.05) is 17.5 Å². The number of carbonyl (C=O) groups is 1. The summed E-state index contributed by atoms with van der Waals surface area (Å²) in [6.07, 6.45) is 2.29. The quantitative estimate of drug-likeness (QED) is 0.625. The zero-order chi connectivity index (χ0) is 13.0. The molecule has 2 aromatic rings. The molecule has 5 heteroatoms. The van der Waals surface area contributed by atoms with Gasteiger partial charge < -0.3 is 9.90 Å². The van der Waals surface area contributed by atoms with E-state index < -0.39 is 5.97 Å². The number of carbonyl (C=O) groups excluding carboxylic acids is 1. The Bertz CT molecular complexity index is 575. The maximum atomic E-state index is 13.4. The van der Waals surface area contributed by atoms with E-state index in [1.807, 2.05) is 0 Å². The first kappa shape index (κ1) is 15.8. The minimum atomic E-state index is -1.26. The monoisotopic (exact) mass is 267 g/mol. The fourth-order valence-electron chi connectivity index (χ4n) is 1.78. The molecule has 0 radical (unpaired) electrons. The summed E-state index contributed by atoms with van der Waals surface area (Å²) >= 11 is 0. The van der Waals surface area contributed by atoms with Gasteiger partial charge in [-0.2, -0.15) is 0 Å². The van der Waals surface area contributed by atoms with Crippen molar-refractivity contribution in [3.8, 4) is 0 Å². The van der Waals surface area contributed by atoms with Gasteiger partial charge in [0.25, 0.3) is 0 Å². The van der Waals surface area contributed by atoms with Gasteiger partial charge in [0.05, 0.1) is 5.97 Å². The van der Waals surface area contributed by atoms with Crippen LogP contribution in [0.2, 0.25) is 0 Å². The maximum Gasteiger partial charge on any atom is 1.00 e. The summed E-state index contributed by atoms with van der Waals surface area (Å²) in [6, 6.07) is 9.41. The molecule has 1 aromatic carbocycles. The molecule has 0 aliphatic rings. The van der Waals surface area contributed by atoms with Crippen molar-refractivity contribution in [3.63, 3.8) is 0 Å². The van der Waals surface area contributed by atoms with Gasteiger partial charge >= 0.3 is 29.6 Å². The Kier molecular flexibility index (Phi) is 6.15. The summed E-state index contributed by atoms with van der Waals surface area (Å²) in [7, 11) is 0. The molecule has 0 saturated carbocycles. The zero-order valence-electron chi connectivity index (χ0n) is 10.6. The predicted molar refractivity (Wildman–Crippen MR) is 62.4 cm³/mol. The second-order valence-electron chi connectivity index (χ2n) is 3.88.